The average Bonchev–Trinajstić information content (AvgIpc) is 3.00. The highest BCUT2D eigenvalue weighted by Gasteiger charge is 2.26. The fraction of sp³-hybridized carbons (Fsp3) is 0.353. The minimum Gasteiger partial charge on any atom is -0.466 e. The van der Waals surface area contributed by atoms with Crippen molar-refractivity contribution < 1.29 is 19.1 Å². The maximum Gasteiger partial charge on any atom is 0.321 e. The van der Waals surface area contributed by atoms with Crippen LogP contribution in [-0.4, -0.2) is 46.3 Å². The summed E-state index contributed by atoms with van der Waals surface area (Å²) in [6.07, 6.45) is -0.0155. The van der Waals surface area contributed by atoms with Gasteiger partial charge in [-0.3, -0.25) is 14.9 Å². The second-order valence-corrected chi connectivity index (χ2v) is 6.49. The zero-order chi connectivity index (χ0) is 19.8. The lowest BCUT2D eigenvalue weighted by Gasteiger charge is -2.15. The number of urea groups is 1. The van der Waals surface area contributed by atoms with E-state index >= 15 is 0 Å². The molecule has 9 nitrogen and oxygen atoms in total. The quantitative estimate of drug-likeness (QED) is 0.538. The van der Waals surface area contributed by atoms with Crippen LogP contribution in [0.25, 0.3) is 0 Å². The zero-order valence-corrected chi connectivity index (χ0v) is 16.1. The van der Waals surface area contributed by atoms with Crippen LogP contribution in [0, 0.1) is 0 Å². The number of benzene rings is 1. The van der Waals surface area contributed by atoms with Crippen LogP contribution in [-0.2, 0) is 27.8 Å². The lowest BCUT2D eigenvalue weighted by atomic mass is 10.1. The van der Waals surface area contributed by atoms with E-state index in [1.807, 2.05) is 6.07 Å². The molecule has 0 saturated heterocycles. The first-order chi connectivity index (χ1) is 13.0. The van der Waals surface area contributed by atoms with E-state index in [9.17, 15) is 14.4 Å². The number of thioether (sulfide) groups is 1. The molecule has 0 fully saturated rings. The number of imide groups is 1. The summed E-state index contributed by atoms with van der Waals surface area (Å²) >= 11 is 1.14. The van der Waals surface area contributed by atoms with Gasteiger partial charge in [0, 0.05) is 14.1 Å². The van der Waals surface area contributed by atoms with Gasteiger partial charge in [0.15, 0.2) is 5.16 Å². The van der Waals surface area contributed by atoms with Crippen LogP contribution >= 0.6 is 11.8 Å². The van der Waals surface area contributed by atoms with Crippen molar-refractivity contribution in [3.63, 3.8) is 0 Å². The Hall–Kier alpha value is -2.88. The van der Waals surface area contributed by atoms with E-state index < -0.39 is 23.2 Å². The lowest BCUT2D eigenvalue weighted by Crippen LogP contribution is -2.39. The Morgan fingerprint density at radius 3 is 2.56 bits per heavy atom. The number of amides is 3. The molecule has 0 unspecified atom stereocenters. The molecule has 0 aliphatic rings. The van der Waals surface area contributed by atoms with Crippen molar-refractivity contribution in [1.82, 2.24) is 25.4 Å². The average molecular weight is 391 g/mol. The minimum atomic E-state index is -0.721. The fourth-order valence-corrected chi connectivity index (χ4v) is 3.21. The second kappa shape index (κ2) is 9.72. The second-order valence-electron chi connectivity index (χ2n) is 5.42. The number of carbonyl (C=O) groups excluding carboxylic acids is 3. The van der Waals surface area contributed by atoms with E-state index in [0.717, 1.165) is 11.8 Å². The first kappa shape index (κ1) is 20.4. The number of ether oxygens (including phenoxy) is 1. The van der Waals surface area contributed by atoms with E-state index in [4.69, 9.17) is 4.74 Å². The van der Waals surface area contributed by atoms with Crippen LogP contribution in [0.15, 0.2) is 35.5 Å². The monoisotopic (exact) mass is 391 g/mol. The Balaban J connectivity index is 2.23. The standard InChI is InChI=1S/C17H21N5O4S/c1-4-26-13(23)10-12-20-21-17(22(12)3)27-14(11-8-6-5-7-9-11)15(24)19-16(25)18-2/h5-9,14H,4,10H2,1-3H3,(H2,18,19,24,25)/t14-/m1/s1. The topological polar surface area (TPSA) is 115 Å². The van der Waals surface area contributed by atoms with Gasteiger partial charge in [-0.1, -0.05) is 42.1 Å². The Bertz CT molecular complexity index is 809. The predicted molar refractivity (Wildman–Crippen MR) is 99.0 cm³/mol. The van der Waals surface area contributed by atoms with Gasteiger partial charge in [-0.25, -0.2) is 4.79 Å². The summed E-state index contributed by atoms with van der Waals surface area (Å²) in [5.74, 6) is -0.462. The number of esters is 1. The number of rotatable bonds is 7. The molecule has 1 atom stereocenters. The number of nitrogens with zero attached hydrogens (tertiary/aromatic N) is 3. The van der Waals surface area contributed by atoms with Crippen LogP contribution in [0.1, 0.15) is 23.6 Å². The molecule has 1 aromatic heterocycles. The Morgan fingerprint density at radius 2 is 1.93 bits per heavy atom. The molecule has 2 rings (SSSR count). The molecule has 0 aliphatic carbocycles. The smallest absolute Gasteiger partial charge is 0.321 e. The highest BCUT2D eigenvalue weighted by molar-refractivity contribution is 8.00. The molecule has 1 heterocycles. The van der Waals surface area contributed by atoms with Crippen LogP contribution < -0.4 is 10.6 Å². The molecule has 0 spiro atoms. The van der Waals surface area contributed by atoms with Gasteiger partial charge in [0.1, 0.15) is 17.5 Å². The van der Waals surface area contributed by atoms with Crippen LogP contribution in [0.5, 0.6) is 0 Å². The third-order valence-electron chi connectivity index (χ3n) is 3.56. The first-order valence-electron chi connectivity index (χ1n) is 8.24. The predicted octanol–water partition coefficient (Wildman–Crippen LogP) is 1.21. The maximum absolute atomic E-state index is 12.6. The molecule has 144 valence electrons. The highest BCUT2D eigenvalue weighted by Crippen LogP contribution is 2.34. The number of hydrogen-bond acceptors (Lipinski definition) is 7. The van der Waals surface area contributed by atoms with Crippen molar-refractivity contribution in [2.75, 3.05) is 13.7 Å². The van der Waals surface area contributed by atoms with E-state index in [0.29, 0.717) is 16.5 Å². The van der Waals surface area contributed by atoms with Gasteiger partial charge in [0.05, 0.1) is 6.61 Å². The third-order valence-corrected chi connectivity index (χ3v) is 4.85. The molecule has 0 saturated carbocycles. The summed E-state index contributed by atoms with van der Waals surface area (Å²) in [6.45, 7) is 2.01. The van der Waals surface area contributed by atoms with Crippen molar-refractivity contribution in [2.24, 2.45) is 7.05 Å². The summed E-state index contributed by atoms with van der Waals surface area (Å²) in [5.41, 5.74) is 0.707. The normalized spacial score (nSPS) is 11.5. The van der Waals surface area contributed by atoms with Crippen LogP contribution in [0.2, 0.25) is 0 Å². The largest absolute Gasteiger partial charge is 0.466 e. The van der Waals surface area contributed by atoms with Gasteiger partial charge < -0.3 is 14.6 Å². The SMILES string of the molecule is CCOC(=O)Cc1nnc(S[C@@H](C(=O)NC(=O)NC)c2ccccc2)n1C. The van der Waals surface area contributed by atoms with E-state index in [1.165, 1.54) is 7.05 Å². The molecule has 10 heteroatoms. The van der Waals surface area contributed by atoms with Gasteiger partial charge in [-0.15, -0.1) is 10.2 Å². The van der Waals surface area contributed by atoms with E-state index in [-0.39, 0.29) is 13.0 Å². The maximum atomic E-state index is 12.6. The fourth-order valence-electron chi connectivity index (χ4n) is 2.19. The van der Waals surface area contributed by atoms with Gasteiger partial charge in [-0.05, 0) is 12.5 Å². The summed E-state index contributed by atoms with van der Waals surface area (Å²) in [4.78, 5) is 35.8. The Kier molecular flexibility index (Phi) is 7.35. The van der Waals surface area contributed by atoms with Crippen LogP contribution in [0.4, 0.5) is 4.79 Å². The summed E-state index contributed by atoms with van der Waals surface area (Å²) in [6, 6.07) is 8.43. The van der Waals surface area contributed by atoms with Gasteiger partial charge in [-0.2, -0.15) is 0 Å². The zero-order valence-electron chi connectivity index (χ0n) is 15.3. The number of carbonyl (C=O) groups is 3. The van der Waals surface area contributed by atoms with Crippen molar-refractivity contribution >= 4 is 29.7 Å². The van der Waals surface area contributed by atoms with Crippen molar-refractivity contribution in [2.45, 2.75) is 23.8 Å². The van der Waals surface area contributed by atoms with Gasteiger partial charge in [0.2, 0.25) is 5.91 Å². The summed E-state index contributed by atoms with van der Waals surface area (Å²) in [5, 5.41) is 12.4. The van der Waals surface area contributed by atoms with Gasteiger partial charge in [0.25, 0.3) is 0 Å². The van der Waals surface area contributed by atoms with E-state index in [2.05, 4.69) is 20.8 Å². The summed E-state index contributed by atoms with van der Waals surface area (Å²) < 4.78 is 6.55. The number of aromatic nitrogens is 3. The van der Waals surface area contributed by atoms with Crippen LogP contribution in [0.3, 0.4) is 0 Å². The molecule has 0 bridgehead atoms. The molecular formula is C17H21N5O4S. The molecule has 1 aromatic carbocycles. The number of nitrogens with one attached hydrogen (secondary N) is 2. The molecule has 0 radical (unpaired) electrons. The highest BCUT2D eigenvalue weighted by atomic mass is 32.2. The molecule has 2 aromatic rings. The molecule has 0 aliphatic heterocycles. The summed E-state index contributed by atoms with van der Waals surface area (Å²) in [7, 11) is 3.13. The Labute approximate surface area is 160 Å². The third kappa shape index (κ3) is 5.55. The lowest BCUT2D eigenvalue weighted by molar-refractivity contribution is -0.142. The molecule has 3 amide bonds. The Morgan fingerprint density at radius 1 is 1.22 bits per heavy atom. The molecule has 2 N–H and O–H groups in total. The minimum absolute atomic E-state index is 0.0155. The van der Waals surface area contributed by atoms with Gasteiger partial charge >= 0.3 is 12.0 Å². The van der Waals surface area contributed by atoms with Crippen molar-refractivity contribution in [3.8, 4) is 0 Å². The van der Waals surface area contributed by atoms with Crippen molar-refractivity contribution in [3.05, 3.63) is 41.7 Å². The molecular weight excluding hydrogens is 370 g/mol. The van der Waals surface area contributed by atoms with E-state index in [1.54, 1.807) is 42.8 Å². The molecule has 27 heavy (non-hydrogen) atoms. The first-order valence-corrected chi connectivity index (χ1v) is 9.12. The van der Waals surface area contributed by atoms with Crippen molar-refractivity contribution in [1.29, 1.82) is 0 Å². The number of hydrogen-bond donors (Lipinski definition) is 2.